The van der Waals surface area contributed by atoms with Gasteiger partial charge in [-0.15, -0.1) is 0 Å². The van der Waals surface area contributed by atoms with Crippen LogP contribution in [0.5, 0.6) is 0 Å². The molecule has 2 saturated heterocycles. The van der Waals surface area contributed by atoms with Crippen LogP contribution in [0.15, 0.2) is 35.2 Å². The zero-order chi connectivity index (χ0) is 22.9. The number of benzene rings is 1. The van der Waals surface area contributed by atoms with Crippen molar-refractivity contribution in [2.45, 2.75) is 0 Å². The Morgan fingerprint density at radius 1 is 0.939 bits per heavy atom. The minimum Gasteiger partial charge on any atom is -0.378 e. The number of ketones is 1. The number of urea groups is 1. The lowest BCUT2D eigenvalue weighted by Crippen LogP contribution is -2.56. The summed E-state index contributed by atoms with van der Waals surface area (Å²) in [4.78, 5) is 46.5. The van der Waals surface area contributed by atoms with E-state index in [4.69, 9.17) is 4.74 Å². The predicted octanol–water partition coefficient (Wildman–Crippen LogP) is 2.81. The van der Waals surface area contributed by atoms with Crippen LogP contribution in [-0.2, 0) is 9.53 Å². The van der Waals surface area contributed by atoms with Gasteiger partial charge in [-0.2, -0.15) is 11.3 Å². The number of hydrogen-bond donors (Lipinski definition) is 1. The first-order chi connectivity index (χ1) is 16.0. The molecular formula is C23H23FN4O4S. The number of thiophene rings is 1. The maximum Gasteiger partial charge on any atom is 0.320 e. The number of morpholine rings is 1. The molecule has 0 radical (unpaired) electrons. The van der Waals surface area contributed by atoms with Gasteiger partial charge in [-0.3, -0.25) is 9.59 Å². The highest BCUT2D eigenvalue weighted by atomic mass is 32.1. The Kier molecular flexibility index (Phi) is 5.86. The topological polar surface area (TPSA) is 86.0 Å². The van der Waals surface area contributed by atoms with Gasteiger partial charge < -0.3 is 24.4 Å². The predicted molar refractivity (Wildman–Crippen MR) is 122 cm³/mol. The van der Waals surface area contributed by atoms with E-state index in [1.165, 1.54) is 28.5 Å². The van der Waals surface area contributed by atoms with Crippen molar-refractivity contribution < 1.29 is 23.5 Å². The van der Waals surface area contributed by atoms with Crippen molar-refractivity contribution in [1.29, 1.82) is 0 Å². The quantitative estimate of drug-likeness (QED) is 0.471. The summed E-state index contributed by atoms with van der Waals surface area (Å²) >= 11 is 1.52. The van der Waals surface area contributed by atoms with Gasteiger partial charge in [0.05, 0.1) is 24.3 Å². The molecule has 2 fully saturated rings. The summed E-state index contributed by atoms with van der Waals surface area (Å²) in [5, 5.41) is 3.99. The summed E-state index contributed by atoms with van der Waals surface area (Å²) in [6.07, 6.45) is 1.40. The number of aromatic nitrogens is 1. The van der Waals surface area contributed by atoms with E-state index in [2.05, 4.69) is 4.98 Å². The molecule has 172 valence electrons. The molecule has 1 N–H and O–H groups in total. The molecule has 2 aromatic heterocycles. The van der Waals surface area contributed by atoms with Gasteiger partial charge in [0, 0.05) is 56.4 Å². The lowest BCUT2D eigenvalue weighted by molar-refractivity contribution is -0.127. The molecule has 3 aromatic rings. The number of fused-ring (bicyclic) bond motifs is 1. The Balaban J connectivity index is 1.31. The molecule has 33 heavy (non-hydrogen) atoms. The first-order valence-electron chi connectivity index (χ1n) is 10.8. The van der Waals surface area contributed by atoms with Gasteiger partial charge in [-0.25, -0.2) is 9.18 Å². The Hall–Kier alpha value is -3.24. The van der Waals surface area contributed by atoms with Gasteiger partial charge in [0.15, 0.2) is 0 Å². The minimum atomic E-state index is -0.754. The number of amides is 3. The fraction of sp³-hybridized carbons (Fsp3) is 0.348. The van der Waals surface area contributed by atoms with Crippen molar-refractivity contribution in [3.05, 3.63) is 46.5 Å². The highest BCUT2D eigenvalue weighted by Gasteiger charge is 2.32. The normalized spacial score (nSPS) is 16.9. The highest BCUT2D eigenvalue weighted by molar-refractivity contribution is 7.08. The fourth-order valence-electron chi connectivity index (χ4n) is 4.36. The van der Waals surface area contributed by atoms with E-state index in [0.29, 0.717) is 44.9 Å². The number of carbonyl (C=O) groups is 3. The zero-order valence-electron chi connectivity index (χ0n) is 17.9. The monoisotopic (exact) mass is 470 g/mol. The van der Waals surface area contributed by atoms with Crippen LogP contribution < -0.4 is 0 Å². The lowest BCUT2D eigenvalue weighted by Gasteiger charge is -2.38. The fourth-order valence-corrected chi connectivity index (χ4v) is 5.01. The number of hydrogen-bond acceptors (Lipinski definition) is 5. The molecule has 10 heteroatoms. The first kappa shape index (κ1) is 21.6. The number of nitrogens with zero attached hydrogens (tertiary/aromatic N) is 3. The van der Waals surface area contributed by atoms with Crippen molar-refractivity contribution in [3.8, 4) is 11.1 Å². The second-order valence-corrected chi connectivity index (χ2v) is 8.83. The number of H-pyrrole nitrogens is 1. The van der Waals surface area contributed by atoms with Gasteiger partial charge >= 0.3 is 6.03 Å². The molecule has 1 aromatic carbocycles. The SMILES string of the molecule is O=C(C(=O)N1CCN(C(=O)N2CCOCC2)CC1)c1c[nH]c2c(-c3ccsc3)ccc(F)c12. The van der Waals surface area contributed by atoms with Crippen molar-refractivity contribution in [3.63, 3.8) is 0 Å². The van der Waals surface area contributed by atoms with E-state index in [1.807, 2.05) is 16.8 Å². The minimum absolute atomic E-state index is 0.0244. The Labute approximate surface area is 193 Å². The van der Waals surface area contributed by atoms with Crippen molar-refractivity contribution in [1.82, 2.24) is 19.7 Å². The molecule has 8 nitrogen and oxygen atoms in total. The molecule has 0 saturated carbocycles. The molecule has 0 atom stereocenters. The number of ether oxygens (including phenoxy) is 1. The summed E-state index contributed by atoms with van der Waals surface area (Å²) in [5.74, 6) is -1.99. The maximum absolute atomic E-state index is 14.7. The zero-order valence-corrected chi connectivity index (χ0v) is 18.7. The third-order valence-electron chi connectivity index (χ3n) is 6.17. The average Bonchev–Trinajstić information content (AvgIpc) is 3.55. The second-order valence-electron chi connectivity index (χ2n) is 8.05. The third kappa shape index (κ3) is 4.00. The van der Waals surface area contributed by atoms with Gasteiger partial charge in [-0.05, 0) is 34.5 Å². The number of piperazine rings is 1. The Morgan fingerprint density at radius 2 is 1.64 bits per heavy atom. The molecule has 5 rings (SSSR count). The van der Waals surface area contributed by atoms with Crippen LogP contribution in [0.2, 0.25) is 0 Å². The summed E-state index contributed by atoms with van der Waals surface area (Å²) < 4.78 is 20.0. The van der Waals surface area contributed by atoms with Crippen LogP contribution >= 0.6 is 11.3 Å². The van der Waals surface area contributed by atoms with Gasteiger partial charge in [-0.1, -0.05) is 0 Å². The van der Waals surface area contributed by atoms with Gasteiger partial charge in [0.2, 0.25) is 0 Å². The van der Waals surface area contributed by atoms with Crippen LogP contribution in [0.3, 0.4) is 0 Å². The van der Waals surface area contributed by atoms with Gasteiger partial charge in [0.25, 0.3) is 11.7 Å². The van der Waals surface area contributed by atoms with E-state index in [-0.39, 0.29) is 30.1 Å². The van der Waals surface area contributed by atoms with E-state index in [0.717, 1.165) is 11.1 Å². The van der Waals surface area contributed by atoms with E-state index in [1.54, 1.807) is 15.9 Å². The molecule has 2 aliphatic rings. The lowest BCUT2D eigenvalue weighted by atomic mass is 10.0. The summed E-state index contributed by atoms with van der Waals surface area (Å²) in [6, 6.07) is 4.83. The summed E-state index contributed by atoms with van der Waals surface area (Å²) in [6.45, 7) is 3.35. The Morgan fingerprint density at radius 3 is 2.33 bits per heavy atom. The number of nitrogens with one attached hydrogen (secondary N) is 1. The van der Waals surface area contributed by atoms with E-state index in [9.17, 15) is 18.8 Å². The molecular weight excluding hydrogens is 447 g/mol. The average molecular weight is 471 g/mol. The third-order valence-corrected chi connectivity index (χ3v) is 6.86. The Bertz CT molecular complexity index is 1190. The van der Waals surface area contributed by atoms with Gasteiger partial charge in [0.1, 0.15) is 5.82 Å². The standard InChI is InChI=1S/C23H23FN4O4S/c24-18-2-1-16(15-3-12-33-14-15)20-19(18)17(13-25-20)21(29)22(30)26-4-6-27(7-5-26)23(31)28-8-10-32-11-9-28/h1-3,12-14,25H,4-11H2. The molecule has 0 bridgehead atoms. The second kappa shape index (κ2) is 8.95. The van der Waals surface area contributed by atoms with Crippen LogP contribution in [0.25, 0.3) is 22.0 Å². The van der Waals surface area contributed by atoms with Crippen molar-refractivity contribution >= 4 is 40.0 Å². The molecule has 2 aliphatic heterocycles. The molecule has 3 amide bonds. The van der Waals surface area contributed by atoms with Crippen LogP contribution in [-0.4, -0.2) is 89.9 Å². The highest BCUT2D eigenvalue weighted by Crippen LogP contribution is 2.33. The molecule has 0 spiro atoms. The maximum atomic E-state index is 14.7. The van der Waals surface area contributed by atoms with Crippen molar-refractivity contribution in [2.24, 2.45) is 0 Å². The summed E-state index contributed by atoms with van der Waals surface area (Å²) in [7, 11) is 0. The largest absolute Gasteiger partial charge is 0.378 e. The first-order valence-corrected chi connectivity index (χ1v) is 11.8. The van der Waals surface area contributed by atoms with Crippen molar-refractivity contribution in [2.75, 3.05) is 52.5 Å². The number of aromatic amines is 1. The summed E-state index contributed by atoms with van der Waals surface area (Å²) in [5.41, 5.74) is 2.20. The van der Waals surface area contributed by atoms with Crippen LogP contribution in [0.4, 0.5) is 9.18 Å². The molecule has 0 unspecified atom stereocenters. The smallest absolute Gasteiger partial charge is 0.320 e. The number of Topliss-reactive ketones (excluding diaryl/α,β-unsaturated/α-hetero) is 1. The van der Waals surface area contributed by atoms with E-state index < -0.39 is 17.5 Å². The number of halogens is 1. The number of rotatable bonds is 3. The molecule has 4 heterocycles. The number of carbonyl (C=O) groups excluding carboxylic acids is 3. The van der Waals surface area contributed by atoms with E-state index >= 15 is 0 Å². The van der Waals surface area contributed by atoms with Crippen LogP contribution in [0, 0.1) is 5.82 Å². The van der Waals surface area contributed by atoms with Crippen LogP contribution in [0.1, 0.15) is 10.4 Å². The molecule has 0 aliphatic carbocycles.